The largest absolute Gasteiger partial charge is 0.352 e. The van der Waals surface area contributed by atoms with E-state index in [1.54, 1.807) is 31.4 Å². The number of nitrogens with one attached hydrogen (secondary N) is 2. The Morgan fingerprint density at radius 2 is 1.94 bits per heavy atom. The van der Waals surface area contributed by atoms with E-state index in [1.807, 2.05) is 18.2 Å². The molecule has 1 fully saturated rings. The molecule has 31 heavy (non-hydrogen) atoms. The van der Waals surface area contributed by atoms with Crippen LogP contribution in [0.3, 0.4) is 0 Å². The van der Waals surface area contributed by atoms with Crippen molar-refractivity contribution in [3.05, 3.63) is 63.6 Å². The van der Waals surface area contributed by atoms with Crippen molar-refractivity contribution in [2.45, 2.75) is 25.8 Å². The fourth-order valence-corrected chi connectivity index (χ4v) is 4.90. The number of amides is 3. The van der Waals surface area contributed by atoms with Crippen LogP contribution in [0, 0.1) is 0 Å². The summed E-state index contributed by atoms with van der Waals surface area (Å²) in [5, 5.41) is 5.78. The van der Waals surface area contributed by atoms with E-state index < -0.39 is 5.54 Å². The molecule has 3 heterocycles. The van der Waals surface area contributed by atoms with E-state index in [0.29, 0.717) is 12.5 Å². The number of thiophene rings is 1. The molecular formula is C22H22BrN5O2S. The number of nitrogens with zero attached hydrogens (tertiary/aromatic N) is 3. The van der Waals surface area contributed by atoms with Crippen LogP contribution in [0.2, 0.25) is 0 Å². The molecule has 9 heteroatoms. The maximum atomic E-state index is 12.3. The van der Waals surface area contributed by atoms with Gasteiger partial charge in [0.25, 0.3) is 5.91 Å². The summed E-state index contributed by atoms with van der Waals surface area (Å²) in [6, 6.07) is 14.2. The normalized spacial score (nSPS) is 15.3. The molecule has 0 saturated carbocycles. The van der Waals surface area contributed by atoms with Crippen molar-refractivity contribution in [1.82, 2.24) is 20.2 Å². The van der Waals surface area contributed by atoms with Crippen LogP contribution in [-0.4, -0.2) is 45.4 Å². The van der Waals surface area contributed by atoms with Gasteiger partial charge in [-0.1, -0.05) is 30.3 Å². The smallest absolute Gasteiger partial charge is 0.325 e. The molecule has 7 nitrogen and oxygen atoms in total. The first-order valence-corrected chi connectivity index (χ1v) is 11.5. The Morgan fingerprint density at radius 3 is 2.65 bits per heavy atom. The summed E-state index contributed by atoms with van der Waals surface area (Å²) in [6.45, 7) is 3.98. The third-order valence-corrected chi connectivity index (χ3v) is 6.60. The zero-order valence-electron chi connectivity index (χ0n) is 17.2. The van der Waals surface area contributed by atoms with E-state index in [9.17, 15) is 9.59 Å². The zero-order chi connectivity index (χ0) is 22.0. The number of carbonyl (C=O) groups is 2. The van der Waals surface area contributed by atoms with Crippen LogP contribution in [0.15, 0.2) is 53.1 Å². The first-order chi connectivity index (χ1) is 14.8. The number of hydrogen-bond acceptors (Lipinski definition) is 6. The second-order valence-electron chi connectivity index (χ2n) is 7.76. The van der Waals surface area contributed by atoms with Gasteiger partial charge in [-0.25, -0.2) is 14.8 Å². The van der Waals surface area contributed by atoms with Gasteiger partial charge in [0.2, 0.25) is 5.95 Å². The lowest BCUT2D eigenvalue weighted by Gasteiger charge is -2.16. The first-order valence-electron chi connectivity index (χ1n) is 9.87. The van der Waals surface area contributed by atoms with Crippen LogP contribution in [0.1, 0.15) is 24.3 Å². The van der Waals surface area contributed by atoms with Crippen LogP contribution in [-0.2, 0) is 11.2 Å². The van der Waals surface area contributed by atoms with E-state index in [-0.39, 0.29) is 18.5 Å². The highest BCUT2D eigenvalue weighted by molar-refractivity contribution is 9.10. The predicted octanol–water partition coefficient (Wildman–Crippen LogP) is 4.30. The van der Waals surface area contributed by atoms with Crippen molar-refractivity contribution >= 4 is 45.2 Å². The number of anilines is 1. The minimum absolute atomic E-state index is 0.235. The number of carbonyl (C=O) groups excluding carboxylic acids is 2. The van der Waals surface area contributed by atoms with Crippen LogP contribution >= 0.6 is 27.3 Å². The minimum atomic E-state index is -0.866. The molecule has 0 unspecified atom stereocenters. The number of imide groups is 1. The molecule has 0 bridgehead atoms. The highest BCUT2D eigenvalue weighted by Crippen LogP contribution is 2.33. The molecule has 1 saturated heterocycles. The first kappa shape index (κ1) is 21.5. The molecule has 1 aromatic carbocycles. The number of rotatable bonds is 7. The van der Waals surface area contributed by atoms with E-state index in [2.05, 4.69) is 60.8 Å². The number of benzene rings is 1. The van der Waals surface area contributed by atoms with Gasteiger partial charge >= 0.3 is 6.03 Å². The summed E-state index contributed by atoms with van der Waals surface area (Å²) in [4.78, 5) is 36.7. The molecule has 0 spiro atoms. The lowest BCUT2D eigenvalue weighted by molar-refractivity contribution is -0.130. The standard InChI is InChI=1S/C22H22BrN5O2S/c1-22(2)19(29)28(21(30)27-22)11-10-24-20-25-13-16(23)18(26-20)17-9-8-15(31-17)12-14-6-4-3-5-7-14/h3-9,13H,10-12H2,1-2H3,(H,27,30)(H,24,25,26). The van der Waals surface area contributed by atoms with Gasteiger partial charge in [-0.2, -0.15) is 0 Å². The zero-order valence-corrected chi connectivity index (χ0v) is 19.6. The summed E-state index contributed by atoms with van der Waals surface area (Å²) in [7, 11) is 0. The van der Waals surface area contributed by atoms with Gasteiger partial charge in [0.05, 0.1) is 15.0 Å². The van der Waals surface area contributed by atoms with Crippen LogP contribution in [0.5, 0.6) is 0 Å². The van der Waals surface area contributed by atoms with Crippen LogP contribution < -0.4 is 10.6 Å². The van der Waals surface area contributed by atoms with Gasteiger partial charge in [-0.15, -0.1) is 11.3 Å². The Labute approximate surface area is 193 Å². The molecule has 4 rings (SSSR count). The summed E-state index contributed by atoms with van der Waals surface area (Å²) in [5.41, 5.74) is 1.20. The SMILES string of the molecule is CC1(C)NC(=O)N(CCNc2ncc(Br)c(-c3ccc(Cc4ccccc4)s3)n2)C1=O. The molecular weight excluding hydrogens is 478 g/mol. The molecule has 0 radical (unpaired) electrons. The lowest BCUT2D eigenvalue weighted by atomic mass is 10.1. The topological polar surface area (TPSA) is 87.2 Å². The Hall–Kier alpha value is -2.78. The molecule has 1 aliphatic rings. The minimum Gasteiger partial charge on any atom is -0.352 e. The van der Waals surface area contributed by atoms with Crippen molar-refractivity contribution in [2.75, 3.05) is 18.4 Å². The van der Waals surface area contributed by atoms with E-state index in [1.165, 1.54) is 15.3 Å². The van der Waals surface area contributed by atoms with Gasteiger partial charge < -0.3 is 10.6 Å². The Kier molecular flexibility index (Phi) is 6.06. The van der Waals surface area contributed by atoms with Gasteiger partial charge in [-0.05, 0) is 47.5 Å². The molecule has 0 aliphatic carbocycles. The maximum Gasteiger partial charge on any atom is 0.325 e. The van der Waals surface area contributed by atoms with Gasteiger partial charge in [-0.3, -0.25) is 9.69 Å². The monoisotopic (exact) mass is 499 g/mol. The lowest BCUT2D eigenvalue weighted by Crippen LogP contribution is -2.40. The Morgan fingerprint density at radius 1 is 1.16 bits per heavy atom. The highest BCUT2D eigenvalue weighted by atomic mass is 79.9. The van der Waals surface area contributed by atoms with Crippen LogP contribution in [0.25, 0.3) is 10.6 Å². The molecule has 0 atom stereocenters. The third-order valence-electron chi connectivity index (χ3n) is 4.92. The fourth-order valence-electron chi connectivity index (χ4n) is 3.32. The van der Waals surface area contributed by atoms with E-state index in [4.69, 9.17) is 0 Å². The van der Waals surface area contributed by atoms with Crippen molar-refractivity contribution < 1.29 is 9.59 Å². The van der Waals surface area contributed by atoms with E-state index in [0.717, 1.165) is 21.5 Å². The summed E-state index contributed by atoms with van der Waals surface area (Å²) in [5.74, 6) is 0.212. The number of urea groups is 1. The summed E-state index contributed by atoms with van der Waals surface area (Å²) in [6.07, 6.45) is 2.58. The van der Waals surface area contributed by atoms with Crippen LogP contribution in [0.4, 0.5) is 10.7 Å². The number of aromatic nitrogens is 2. The van der Waals surface area contributed by atoms with Gasteiger partial charge in [0.15, 0.2) is 0 Å². The summed E-state index contributed by atoms with van der Waals surface area (Å²) >= 11 is 5.24. The van der Waals surface area contributed by atoms with Crippen molar-refractivity contribution in [3.63, 3.8) is 0 Å². The van der Waals surface area contributed by atoms with Crippen molar-refractivity contribution in [3.8, 4) is 10.6 Å². The molecule has 2 N–H and O–H groups in total. The molecule has 160 valence electrons. The van der Waals surface area contributed by atoms with Crippen molar-refractivity contribution in [2.24, 2.45) is 0 Å². The highest BCUT2D eigenvalue weighted by Gasteiger charge is 2.43. The van der Waals surface area contributed by atoms with Gasteiger partial charge in [0.1, 0.15) is 5.54 Å². The van der Waals surface area contributed by atoms with Crippen molar-refractivity contribution in [1.29, 1.82) is 0 Å². The van der Waals surface area contributed by atoms with Gasteiger partial charge in [0, 0.05) is 30.6 Å². The maximum absolute atomic E-state index is 12.3. The molecule has 1 aliphatic heterocycles. The molecule has 3 amide bonds. The average molecular weight is 500 g/mol. The Balaban J connectivity index is 1.42. The number of hydrogen-bond donors (Lipinski definition) is 2. The predicted molar refractivity (Wildman–Crippen MR) is 125 cm³/mol. The average Bonchev–Trinajstić information content (AvgIpc) is 3.27. The second-order valence-corrected chi connectivity index (χ2v) is 9.78. The second kappa shape index (κ2) is 8.76. The molecule has 2 aromatic heterocycles. The quantitative estimate of drug-likeness (QED) is 0.473. The Bertz CT molecular complexity index is 1120. The van der Waals surface area contributed by atoms with E-state index >= 15 is 0 Å². The molecule has 3 aromatic rings. The fraction of sp³-hybridized carbons (Fsp3) is 0.273. The third kappa shape index (κ3) is 4.77. The number of halogens is 1. The summed E-state index contributed by atoms with van der Waals surface area (Å²) < 4.78 is 0.807.